The van der Waals surface area contributed by atoms with Crippen molar-refractivity contribution in [2.24, 2.45) is 4.99 Å². The van der Waals surface area contributed by atoms with Gasteiger partial charge in [-0.1, -0.05) is 11.1 Å². The predicted octanol–water partition coefficient (Wildman–Crippen LogP) is -2.40. The molecule has 0 spiro atoms. The zero-order valence-corrected chi connectivity index (χ0v) is 7.64. The van der Waals surface area contributed by atoms with Gasteiger partial charge in [0.25, 0.3) is 11.9 Å². The maximum absolute atomic E-state index is 11.7. The second-order valence-corrected chi connectivity index (χ2v) is 3.26. The van der Waals surface area contributed by atoms with E-state index in [1.54, 1.807) is 6.08 Å². The highest BCUT2D eigenvalue weighted by Gasteiger charge is 2.58. The number of hydroxylamine groups is 2. The molecule has 7 heteroatoms. The van der Waals surface area contributed by atoms with Gasteiger partial charge in [-0.25, -0.2) is 14.7 Å². The molecule has 3 heterocycles. The van der Waals surface area contributed by atoms with E-state index in [9.17, 15) is 9.59 Å². The number of nitrogens with zero attached hydrogens (tertiary/aromatic N) is 3. The molecule has 3 amide bonds. The van der Waals surface area contributed by atoms with Crippen LogP contribution in [0.1, 0.15) is 0 Å². The van der Waals surface area contributed by atoms with Crippen LogP contribution in [0.25, 0.3) is 0 Å². The van der Waals surface area contributed by atoms with Gasteiger partial charge in [-0.2, -0.15) is 0 Å². The smallest absolute Gasteiger partial charge is 0.287 e. The number of imide groups is 1. The molecular formula is C8H7N4O3+. The van der Waals surface area contributed by atoms with E-state index in [-0.39, 0.29) is 6.02 Å². The molecule has 1 saturated heterocycles. The molecule has 0 aromatic rings. The molecule has 76 valence electrons. The van der Waals surface area contributed by atoms with Crippen LogP contribution in [0.4, 0.5) is 4.79 Å². The lowest BCUT2D eigenvalue weighted by molar-refractivity contribution is -0.493. The first kappa shape index (κ1) is 8.16. The number of aliphatic imine (C=N–C) groups is 1. The lowest BCUT2D eigenvalue weighted by Crippen LogP contribution is -2.89. The molecule has 1 atom stereocenters. The summed E-state index contributed by atoms with van der Waals surface area (Å²) < 4.78 is 0. The highest BCUT2D eigenvalue weighted by Crippen LogP contribution is 2.18. The van der Waals surface area contributed by atoms with Crippen LogP contribution < -0.4 is 4.99 Å². The number of amidine groups is 2. The number of rotatable bonds is 2. The van der Waals surface area contributed by atoms with Crippen molar-refractivity contribution in [3.05, 3.63) is 12.7 Å². The monoisotopic (exact) mass is 207 g/mol. The molecule has 1 unspecified atom stereocenters. The predicted molar refractivity (Wildman–Crippen MR) is 47.4 cm³/mol. The van der Waals surface area contributed by atoms with Crippen LogP contribution in [-0.4, -0.2) is 46.3 Å². The maximum Gasteiger partial charge on any atom is 0.519 e. The van der Waals surface area contributed by atoms with Crippen molar-refractivity contribution in [2.75, 3.05) is 6.54 Å². The lowest BCUT2D eigenvalue weighted by Gasteiger charge is -2.30. The fourth-order valence-electron chi connectivity index (χ4n) is 1.71. The minimum atomic E-state index is -0.591. The van der Waals surface area contributed by atoms with Crippen molar-refractivity contribution < 1.29 is 19.4 Å². The van der Waals surface area contributed by atoms with E-state index in [4.69, 9.17) is 4.84 Å². The van der Waals surface area contributed by atoms with Gasteiger partial charge in [0, 0.05) is 11.5 Å². The third-order valence-corrected chi connectivity index (χ3v) is 2.36. The zero-order chi connectivity index (χ0) is 10.6. The molecule has 0 aliphatic carbocycles. The first-order valence-corrected chi connectivity index (χ1v) is 4.39. The molecule has 0 radical (unpaired) electrons. The summed E-state index contributed by atoms with van der Waals surface area (Å²) in [5.41, 5.74) is 0. The van der Waals surface area contributed by atoms with Crippen molar-refractivity contribution in [1.82, 2.24) is 9.96 Å². The molecule has 3 bridgehead atoms. The molecule has 3 aliphatic rings. The number of urea groups is 1. The Labute approximate surface area is 84.3 Å². The average molecular weight is 207 g/mol. The van der Waals surface area contributed by atoms with Crippen molar-refractivity contribution in [1.29, 1.82) is 0 Å². The number of nitrogens with one attached hydrogen (secondary N) is 1. The van der Waals surface area contributed by atoms with Crippen LogP contribution in [0.15, 0.2) is 17.6 Å². The Morgan fingerprint density at radius 2 is 2.40 bits per heavy atom. The molecule has 0 aromatic carbocycles. The maximum atomic E-state index is 11.7. The summed E-state index contributed by atoms with van der Waals surface area (Å²) in [4.78, 5) is 36.3. The molecule has 0 saturated carbocycles. The van der Waals surface area contributed by atoms with Crippen molar-refractivity contribution in [2.45, 2.75) is 6.04 Å². The van der Waals surface area contributed by atoms with E-state index in [0.29, 0.717) is 12.4 Å². The second kappa shape index (κ2) is 2.44. The molecule has 15 heavy (non-hydrogen) atoms. The standard InChI is InChI=1S/C8H6N4O3/c1-2-3-11-5-4-6(13)12(8(11)14)15-7(9-4)10-5/h2,4H,1,3H2/p+1. The van der Waals surface area contributed by atoms with Gasteiger partial charge in [-0.15, -0.1) is 6.58 Å². The molecule has 3 aliphatic heterocycles. The fraction of sp³-hybridized carbons (Fsp3) is 0.250. The van der Waals surface area contributed by atoms with Gasteiger partial charge < -0.3 is 0 Å². The summed E-state index contributed by atoms with van der Waals surface area (Å²) in [5, 5.41) is 0.722. The van der Waals surface area contributed by atoms with Crippen LogP contribution in [0.5, 0.6) is 0 Å². The van der Waals surface area contributed by atoms with Crippen molar-refractivity contribution in [3.63, 3.8) is 0 Å². The lowest BCUT2D eigenvalue weighted by atomic mass is 10.2. The SMILES string of the molecule is C=CCN1C(=O)N2OC3=[NH+]C(C2=O)C1=N3. The Hall–Kier alpha value is -2.18. The van der Waals surface area contributed by atoms with E-state index in [0.717, 1.165) is 5.06 Å². The van der Waals surface area contributed by atoms with E-state index in [1.165, 1.54) is 4.90 Å². The van der Waals surface area contributed by atoms with Crippen LogP contribution in [0, 0.1) is 0 Å². The van der Waals surface area contributed by atoms with E-state index in [1.807, 2.05) is 0 Å². The number of amides is 3. The molecule has 1 fully saturated rings. The van der Waals surface area contributed by atoms with Gasteiger partial charge in [-0.05, 0) is 0 Å². The highest BCUT2D eigenvalue weighted by atomic mass is 16.7. The Balaban J connectivity index is 2.09. The first-order valence-electron chi connectivity index (χ1n) is 4.39. The third-order valence-electron chi connectivity index (χ3n) is 2.36. The summed E-state index contributed by atoms with van der Waals surface area (Å²) in [6.45, 7) is 3.84. The molecule has 7 nitrogen and oxygen atoms in total. The van der Waals surface area contributed by atoms with Crippen LogP contribution in [0.2, 0.25) is 0 Å². The molecule has 0 aromatic heterocycles. The van der Waals surface area contributed by atoms with Crippen LogP contribution >= 0.6 is 0 Å². The van der Waals surface area contributed by atoms with Crippen LogP contribution in [-0.2, 0) is 9.63 Å². The Bertz CT molecular complexity index is 453. The summed E-state index contributed by atoms with van der Waals surface area (Å²) in [6.07, 6.45) is 1.56. The summed E-state index contributed by atoms with van der Waals surface area (Å²) >= 11 is 0. The normalized spacial score (nSPS) is 26.5. The largest absolute Gasteiger partial charge is 0.519 e. The Morgan fingerprint density at radius 3 is 3.13 bits per heavy atom. The minimum absolute atomic E-state index is 0.189. The van der Waals surface area contributed by atoms with Crippen molar-refractivity contribution in [3.8, 4) is 0 Å². The number of fused-ring (bicyclic) bond motifs is 1. The van der Waals surface area contributed by atoms with Gasteiger partial charge in [0.05, 0.1) is 0 Å². The summed E-state index contributed by atoms with van der Waals surface area (Å²) in [5.74, 6) is -0.0473. The number of carbonyl (C=O) groups excluding carboxylic acids is 2. The number of hydrogen-bond donors (Lipinski definition) is 1. The Morgan fingerprint density at radius 1 is 1.60 bits per heavy atom. The Kier molecular flexibility index (Phi) is 1.33. The van der Waals surface area contributed by atoms with Gasteiger partial charge in [0.15, 0.2) is 0 Å². The minimum Gasteiger partial charge on any atom is -0.287 e. The quantitative estimate of drug-likeness (QED) is 0.513. The topological polar surface area (TPSA) is 76.2 Å². The number of hydrogen-bond acceptors (Lipinski definition) is 4. The molecule has 1 N–H and O–H groups in total. The van der Waals surface area contributed by atoms with E-state index in [2.05, 4.69) is 16.6 Å². The molecule has 3 rings (SSSR count). The average Bonchev–Trinajstić information content (AvgIpc) is 2.52. The zero-order valence-electron chi connectivity index (χ0n) is 7.64. The van der Waals surface area contributed by atoms with E-state index >= 15 is 0 Å². The van der Waals surface area contributed by atoms with Crippen molar-refractivity contribution >= 4 is 23.8 Å². The fourth-order valence-corrected chi connectivity index (χ4v) is 1.71. The summed E-state index contributed by atoms with van der Waals surface area (Å²) in [7, 11) is 0. The van der Waals surface area contributed by atoms with Gasteiger partial charge in [0.2, 0.25) is 0 Å². The van der Waals surface area contributed by atoms with E-state index < -0.39 is 18.0 Å². The van der Waals surface area contributed by atoms with Gasteiger partial charge in [0.1, 0.15) is 0 Å². The first-order chi connectivity index (χ1) is 7.22. The second-order valence-electron chi connectivity index (χ2n) is 3.26. The molecular weight excluding hydrogens is 200 g/mol. The van der Waals surface area contributed by atoms with Gasteiger partial charge in [-0.3, -0.25) is 9.63 Å². The third kappa shape index (κ3) is 0.841. The number of carbonyl (C=O) groups is 2. The van der Waals surface area contributed by atoms with Gasteiger partial charge >= 0.3 is 18.0 Å². The van der Waals surface area contributed by atoms with Crippen LogP contribution in [0.3, 0.4) is 0 Å². The highest BCUT2D eigenvalue weighted by molar-refractivity contribution is 6.23. The summed E-state index contributed by atoms with van der Waals surface area (Å²) in [6, 6.07) is -0.924.